The van der Waals surface area contributed by atoms with Crippen molar-refractivity contribution < 1.29 is 13.9 Å². The van der Waals surface area contributed by atoms with Crippen molar-refractivity contribution in [2.45, 2.75) is 19.8 Å². The molecule has 3 aromatic carbocycles. The Morgan fingerprint density at radius 3 is 2.48 bits per heavy atom. The third-order valence-corrected chi connectivity index (χ3v) is 6.46. The van der Waals surface area contributed by atoms with Crippen molar-refractivity contribution in [3.63, 3.8) is 0 Å². The molecule has 0 saturated carbocycles. The molecule has 0 amide bonds. The molecule has 0 saturated heterocycles. The summed E-state index contributed by atoms with van der Waals surface area (Å²) in [6.07, 6.45) is 1.72. The molecule has 0 fully saturated rings. The summed E-state index contributed by atoms with van der Waals surface area (Å²) in [4.78, 5) is 16.3. The van der Waals surface area contributed by atoms with E-state index in [-0.39, 0.29) is 5.63 Å². The van der Waals surface area contributed by atoms with E-state index in [0.717, 1.165) is 45.6 Å². The summed E-state index contributed by atoms with van der Waals surface area (Å²) in [5.74, 6) is 1.54. The molecule has 0 aliphatic rings. The zero-order chi connectivity index (χ0) is 22.6. The number of hydrogen-bond donors (Lipinski definition) is 0. The van der Waals surface area contributed by atoms with Crippen molar-refractivity contribution in [1.82, 2.24) is 4.98 Å². The molecule has 0 radical (unpaired) electrons. The monoisotopic (exact) mass is 457 g/mol. The van der Waals surface area contributed by atoms with Gasteiger partial charge in [-0.25, -0.2) is 9.78 Å². The second-order valence-electron chi connectivity index (χ2n) is 7.83. The molecule has 5 aromatic rings. The minimum absolute atomic E-state index is 0.346. The number of ether oxygens (including phenoxy) is 2. The van der Waals surface area contributed by atoms with E-state index in [4.69, 9.17) is 18.9 Å². The highest BCUT2D eigenvalue weighted by Crippen LogP contribution is 2.31. The number of aryl methyl sites for hydroxylation is 1. The molecule has 6 heteroatoms. The summed E-state index contributed by atoms with van der Waals surface area (Å²) < 4.78 is 18.2. The highest BCUT2D eigenvalue weighted by atomic mass is 32.1. The highest BCUT2D eigenvalue weighted by molar-refractivity contribution is 7.21. The Kier molecular flexibility index (Phi) is 6.09. The fourth-order valence-corrected chi connectivity index (χ4v) is 4.66. The van der Waals surface area contributed by atoms with Crippen LogP contribution >= 0.6 is 11.3 Å². The average Bonchev–Trinajstić information content (AvgIpc) is 3.26. The first-order chi connectivity index (χ1) is 16.2. The molecular weight excluding hydrogens is 434 g/mol. The van der Waals surface area contributed by atoms with E-state index in [2.05, 4.69) is 12.1 Å². The maximum atomic E-state index is 11.6. The van der Waals surface area contributed by atoms with E-state index in [9.17, 15) is 4.79 Å². The number of thiazole rings is 1. The summed E-state index contributed by atoms with van der Waals surface area (Å²) in [5, 5.41) is 1.92. The largest absolute Gasteiger partial charge is 0.494 e. The van der Waals surface area contributed by atoms with Gasteiger partial charge in [0.25, 0.3) is 0 Å². The number of aromatic nitrogens is 1. The van der Waals surface area contributed by atoms with E-state index in [0.29, 0.717) is 24.5 Å². The standard InChI is InChI=1S/C27H23NO4S/c1-18-15-26(29)32-24-17-21(11-12-22(18)24)31-14-5-4-13-30-20-8-6-7-19(16-20)27-28-23-9-2-3-10-25(23)33-27/h2-3,6-12,15-17H,4-5,13-14H2,1H3. The van der Waals surface area contributed by atoms with Gasteiger partial charge in [0.05, 0.1) is 23.4 Å². The molecule has 0 aliphatic heterocycles. The smallest absolute Gasteiger partial charge is 0.336 e. The number of rotatable bonds is 8. The molecule has 0 N–H and O–H groups in total. The Morgan fingerprint density at radius 2 is 1.67 bits per heavy atom. The minimum Gasteiger partial charge on any atom is -0.494 e. The fraction of sp³-hybridized carbons (Fsp3) is 0.185. The molecule has 0 atom stereocenters. The minimum atomic E-state index is -0.346. The van der Waals surface area contributed by atoms with Crippen LogP contribution in [0.1, 0.15) is 18.4 Å². The number of benzene rings is 3. The number of hydrogen-bond acceptors (Lipinski definition) is 6. The van der Waals surface area contributed by atoms with Gasteiger partial charge in [-0.3, -0.25) is 0 Å². The quantitative estimate of drug-likeness (QED) is 0.194. The lowest BCUT2D eigenvalue weighted by Gasteiger charge is -2.09. The van der Waals surface area contributed by atoms with Crippen molar-refractivity contribution in [3.05, 3.63) is 88.8 Å². The first-order valence-corrected chi connectivity index (χ1v) is 11.7. The van der Waals surface area contributed by atoms with Crippen LogP contribution in [0.25, 0.3) is 31.8 Å². The normalized spacial score (nSPS) is 11.2. The maximum absolute atomic E-state index is 11.6. The lowest BCUT2D eigenvalue weighted by Crippen LogP contribution is -2.03. The molecular formula is C27H23NO4S. The second-order valence-corrected chi connectivity index (χ2v) is 8.86. The summed E-state index contributed by atoms with van der Waals surface area (Å²) in [7, 11) is 0. The first-order valence-electron chi connectivity index (χ1n) is 10.9. The topological polar surface area (TPSA) is 61.6 Å². The Labute approximate surface area is 195 Å². The molecule has 0 unspecified atom stereocenters. The average molecular weight is 458 g/mol. The van der Waals surface area contributed by atoms with Crippen LogP contribution in [0.2, 0.25) is 0 Å². The van der Waals surface area contributed by atoms with Crippen molar-refractivity contribution in [2.75, 3.05) is 13.2 Å². The summed E-state index contributed by atoms with van der Waals surface area (Å²) in [5.41, 5.74) is 3.19. The molecule has 0 bridgehead atoms. The molecule has 166 valence electrons. The summed E-state index contributed by atoms with van der Waals surface area (Å²) >= 11 is 1.69. The van der Waals surface area contributed by atoms with Gasteiger partial charge in [-0.05, 0) is 61.7 Å². The van der Waals surface area contributed by atoms with E-state index in [1.54, 1.807) is 17.4 Å². The number of unbranched alkanes of at least 4 members (excludes halogenated alkanes) is 1. The van der Waals surface area contributed by atoms with Crippen LogP contribution in [0.4, 0.5) is 0 Å². The van der Waals surface area contributed by atoms with Crippen molar-refractivity contribution >= 4 is 32.5 Å². The van der Waals surface area contributed by atoms with Crippen LogP contribution in [-0.4, -0.2) is 18.2 Å². The lowest BCUT2D eigenvalue weighted by molar-refractivity contribution is 0.266. The van der Waals surface area contributed by atoms with Gasteiger partial charge in [0.15, 0.2) is 0 Å². The SMILES string of the molecule is Cc1cc(=O)oc2cc(OCCCCOc3cccc(-c4nc5ccccc5s4)c3)ccc12. The van der Waals surface area contributed by atoms with E-state index in [1.165, 1.54) is 10.8 Å². The number of para-hydroxylation sites is 1. The van der Waals surface area contributed by atoms with Crippen LogP contribution in [0.5, 0.6) is 11.5 Å². The van der Waals surface area contributed by atoms with Gasteiger partial charge < -0.3 is 13.9 Å². The molecule has 2 heterocycles. The Morgan fingerprint density at radius 1 is 0.879 bits per heavy atom. The second kappa shape index (κ2) is 9.46. The maximum Gasteiger partial charge on any atom is 0.336 e. The zero-order valence-corrected chi connectivity index (χ0v) is 19.1. The molecule has 0 aliphatic carbocycles. The van der Waals surface area contributed by atoms with Crippen molar-refractivity contribution in [3.8, 4) is 22.1 Å². The summed E-state index contributed by atoms with van der Waals surface area (Å²) in [6.45, 7) is 3.07. The molecule has 5 nitrogen and oxygen atoms in total. The van der Waals surface area contributed by atoms with Crippen LogP contribution < -0.4 is 15.1 Å². The van der Waals surface area contributed by atoms with E-state index in [1.807, 2.05) is 55.5 Å². The van der Waals surface area contributed by atoms with Crippen LogP contribution in [0.15, 0.2) is 82.0 Å². The zero-order valence-electron chi connectivity index (χ0n) is 18.2. The summed E-state index contributed by atoms with van der Waals surface area (Å²) in [6, 6.07) is 23.3. The molecule has 5 rings (SSSR count). The predicted octanol–water partition coefficient (Wildman–Crippen LogP) is 6.62. The third-order valence-electron chi connectivity index (χ3n) is 5.37. The van der Waals surface area contributed by atoms with Gasteiger partial charge in [0.1, 0.15) is 22.1 Å². The van der Waals surface area contributed by atoms with Crippen molar-refractivity contribution in [2.24, 2.45) is 0 Å². The third kappa shape index (κ3) is 4.91. The lowest BCUT2D eigenvalue weighted by atomic mass is 10.1. The molecule has 33 heavy (non-hydrogen) atoms. The fourth-order valence-electron chi connectivity index (χ4n) is 3.69. The first kappa shape index (κ1) is 21.2. The predicted molar refractivity (Wildman–Crippen MR) is 133 cm³/mol. The molecule has 2 aromatic heterocycles. The van der Waals surface area contributed by atoms with Gasteiger partial charge in [0, 0.05) is 23.1 Å². The highest BCUT2D eigenvalue weighted by Gasteiger charge is 2.07. The van der Waals surface area contributed by atoms with Gasteiger partial charge in [-0.15, -0.1) is 11.3 Å². The van der Waals surface area contributed by atoms with Crippen LogP contribution in [-0.2, 0) is 0 Å². The molecule has 0 spiro atoms. The number of nitrogens with zero attached hydrogens (tertiary/aromatic N) is 1. The van der Waals surface area contributed by atoms with Gasteiger partial charge in [-0.2, -0.15) is 0 Å². The van der Waals surface area contributed by atoms with Gasteiger partial charge in [0.2, 0.25) is 0 Å². The van der Waals surface area contributed by atoms with Crippen LogP contribution in [0.3, 0.4) is 0 Å². The van der Waals surface area contributed by atoms with Gasteiger partial charge >= 0.3 is 5.63 Å². The van der Waals surface area contributed by atoms with E-state index < -0.39 is 0 Å². The Bertz CT molecular complexity index is 1440. The number of fused-ring (bicyclic) bond motifs is 2. The van der Waals surface area contributed by atoms with Gasteiger partial charge in [-0.1, -0.05) is 24.3 Å². The Hall–Kier alpha value is -3.64. The van der Waals surface area contributed by atoms with Crippen LogP contribution in [0, 0.1) is 6.92 Å². The van der Waals surface area contributed by atoms with Crippen molar-refractivity contribution in [1.29, 1.82) is 0 Å². The van der Waals surface area contributed by atoms with E-state index >= 15 is 0 Å². The Balaban J connectivity index is 1.12.